The summed E-state index contributed by atoms with van der Waals surface area (Å²) in [6.07, 6.45) is 0. The number of aryl methyl sites for hydroxylation is 2. The molecule has 0 aliphatic carbocycles. The molecule has 4 heteroatoms. The van der Waals surface area contributed by atoms with Crippen LogP contribution in [0.4, 0.5) is 0 Å². The van der Waals surface area contributed by atoms with Gasteiger partial charge in [-0.15, -0.1) is 0 Å². The first-order valence-electron chi connectivity index (χ1n) is 5.71. The van der Waals surface area contributed by atoms with Crippen LogP contribution in [0, 0.1) is 25.7 Å². The Morgan fingerprint density at radius 1 is 1.38 bits per heavy atom. The lowest BCUT2D eigenvalue weighted by atomic mass is 9.99. The lowest BCUT2D eigenvalue weighted by Gasteiger charge is -2.19. The summed E-state index contributed by atoms with van der Waals surface area (Å²) < 4.78 is 7.73. The van der Waals surface area contributed by atoms with Gasteiger partial charge in [0.25, 0.3) is 0 Å². The molecule has 1 rings (SSSR count). The monoisotopic (exact) mass is 242 g/mol. The summed E-state index contributed by atoms with van der Waals surface area (Å²) in [5.74, 6) is 2.86. The second-order valence-electron chi connectivity index (χ2n) is 4.62. The molecule has 0 aliphatic heterocycles. The molecule has 0 saturated heterocycles. The van der Waals surface area contributed by atoms with Crippen molar-refractivity contribution in [1.29, 1.82) is 0 Å². The fourth-order valence-electron chi connectivity index (χ4n) is 1.61. The Hall–Kier alpha value is -0.640. The number of nitrogens with zero attached hydrogens (tertiary/aromatic N) is 2. The predicted octanol–water partition coefficient (Wildman–Crippen LogP) is 2.62. The summed E-state index contributed by atoms with van der Waals surface area (Å²) in [7, 11) is 1.94. The summed E-state index contributed by atoms with van der Waals surface area (Å²) >= 11 is 4.36. The highest BCUT2D eigenvalue weighted by atomic mass is 32.1. The molecule has 0 saturated carbocycles. The van der Waals surface area contributed by atoms with Crippen molar-refractivity contribution in [3.8, 4) is 5.75 Å². The Labute approximate surface area is 104 Å². The summed E-state index contributed by atoms with van der Waals surface area (Å²) in [6.45, 7) is 9.13. The molecule has 1 heterocycles. The minimum atomic E-state index is 0.488. The van der Waals surface area contributed by atoms with E-state index in [1.807, 2.05) is 25.6 Å². The van der Waals surface area contributed by atoms with Crippen LogP contribution in [0.1, 0.15) is 25.2 Å². The van der Waals surface area contributed by atoms with Crippen molar-refractivity contribution in [1.82, 2.24) is 9.78 Å². The lowest BCUT2D eigenvalue weighted by Crippen LogP contribution is -2.19. The van der Waals surface area contributed by atoms with Crippen LogP contribution in [0.15, 0.2) is 0 Å². The van der Waals surface area contributed by atoms with E-state index in [2.05, 4.69) is 31.6 Å². The molecule has 0 aromatic carbocycles. The molecule has 0 fully saturated rings. The predicted molar refractivity (Wildman–Crippen MR) is 70.4 cm³/mol. The third-order valence-electron chi connectivity index (χ3n) is 3.06. The normalized spacial score (nSPS) is 13.2. The van der Waals surface area contributed by atoms with Gasteiger partial charge in [-0.05, 0) is 25.5 Å². The van der Waals surface area contributed by atoms with Crippen LogP contribution >= 0.6 is 12.6 Å². The van der Waals surface area contributed by atoms with Crippen molar-refractivity contribution in [3.63, 3.8) is 0 Å². The molecule has 16 heavy (non-hydrogen) atoms. The van der Waals surface area contributed by atoms with E-state index in [0.717, 1.165) is 22.9 Å². The fourth-order valence-corrected chi connectivity index (χ4v) is 2.14. The molecule has 0 radical (unpaired) electrons. The van der Waals surface area contributed by atoms with Crippen LogP contribution in [0.3, 0.4) is 0 Å². The maximum atomic E-state index is 5.87. The van der Waals surface area contributed by atoms with E-state index in [9.17, 15) is 0 Å². The van der Waals surface area contributed by atoms with E-state index in [-0.39, 0.29) is 0 Å². The van der Waals surface area contributed by atoms with Gasteiger partial charge in [-0.25, -0.2) is 0 Å². The maximum Gasteiger partial charge on any atom is 0.162 e. The SMILES string of the molecule is Cc1nn(C)c(C)c1OCC(CS)C(C)C. The zero-order valence-electron chi connectivity index (χ0n) is 10.8. The zero-order chi connectivity index (χ0) is 12.3. The molecule has 0 N–H and O–H groups in total. The third kappa shape index (κ3) is 2.94. The van der Waals surface area contributed by atoms with Gasteiger partial charge in [-0.3, -0.25) is 4.68 Å². The quantitative estimate of drug-likeness (QED) is 0.804. The van der Waals surface area contributed by atoms with Crippen LogP contribution in [0.5, 0.6) is 5.75 Å². The molecule has 0 aliphatic rings. The third-order valence-corrected chi connectivity index (χ3v) is 3.53. The van der Waals surface area contributed by atoms with Gasteiger partial charge in [-0.1, -0.05) is 13.8 Å². The summed E-state index contributed by atoms with van der Waals surface area (Å²) in [5.41, 5.74) is 2.04. The van der Waals surface area contributed by atoms with Gasteiger partial charge in [0.05, 0.1) is 12.3 Å². The molecular formula is C12H22N2OS. The van der Waals surface area contributed by atoms with Crippen LogP contribution < -0.4 is 4.74 Å². The van der Waals surface area contributed by atoms with E-state index in [0.29, 0.717) is 18.4 Å². The van der Waals surface area contributed by atoms with Gasteiger partial charge < -0.3 is 4.74 Å². The summed E-state index contributed by atoms with van der Waals surface area (Å²) in [4.78, 5) is 0. The smallest absolute Gasteiger partial charge is 0.162 e. The molecule has 1 aromatic rings. The van der Waals surface area contributed by atoms with Gasteiger partial charge in [0, 0.05) is 13.0 Å². The van der Waals surface area contributed by atoms with Crippen LogP contribution in [0.2, 0.25) is 0 Å². The number of rotatable bonds is 5. The molecule has 1 unspecified atom stereocenters. The van der Waals surface area contributed by atoms with E-state index in [4.69, 9.17) is 4.74 Å². The standard InChI is InChI=1S/C12H22N2OS/c1-8(2)11(7-16)6-15-12-9(3)13-14(5)10(12)4/h8,11,16H,6-7H2,1-5H3. The molecule has 0 bridgehead atoms. The Balaban J connectivity index is 2.67. The Bertz CT molecular complexity index is 347. The van der Waals surface area contributed by atoms with E-state index >= 15 is 0 Å². The number of hydrogen-bond acceptors (Lipinski definition) is 3. The van der Waals surface area contributed by atoms with Gasteiger partial charge in [0.1, 0.15) is 5.69 Å². The average molecular weight is 242 g/mol. The lowest BCUT2D eigenvalue weighted by molar-refractivity contribution is 0.224. The Morgan fingerprint density at radius 2 is 2.00 bits per heavy atom. The maximum absolute atomic E-state index is 5.87. The van der Waals surface area contributed by atoms with E-state index in [1.54, 1.807) is 0 Å². The molecule has 0 spiro atoms. The summed E-state index contributed by atoms with van der Waals surface area (Å²) in [6, 6.07) is 0. The number of hydrogen-bond donors (Lipinski definition) is 1. The summed E-state index contributed by atoms with van der Waals surface area (Å²) in [5, 5.41) is 4.33. The number of aromatic nitrogens is 2. The molecule has 92 valence electrons. The minimum Gasteiger partial charge on any atom is -0.489 e. The average Bonchev–Trinajstić information content (AvgIpc) is 2.44. The number of thiol groups is 1. The second kappa shape index (κ2) is 5.62. The van der Waals surface area contributed by atoms with Crippen LogP contribution in [-0.4, -0.2) is 22.1 Å². The first-order chi connectivity index (χ1) is 7.47. The van der Waals surface area contributed by atoms with Gasteiger partial charge in [0.15, 0.2) is 5.75 Å². The highest BCUT2D eigenvalue weighted by Crippen LogP contribution is 2.23. The van der Waals surface area contributed by atoms with Crippen LogP contribution in [-0.2, 0) is 7.05 Å². The van der Waals surface area contributed by atoms with Crippen molar-refractivity contribution < 1.29 is 4.74 Å². The van der Waals surface area contributed by atoms with E-state index in [1.165, 1.54) is 0 Å². The van der Waals surface area contributed by atoms with Crippen molar-refractivity contribution in [2.45, 2.75) is 27.7 Å². The number of ether oxygens (including phenoxy) is 1. The Kier molecular flexibility index (Phi) is 4.71. The first-order valence-corrected chi connectivity index (χ1v) is 6.34. The molecular weight excluding hydrogens is 220 g/mol. The topological polar surface area (TPSA) is 27.1 Å². The first kappa shape index (κ1) is 13.4. The molecule has 3 nitrogen and oxygen atoms in total. The van der Waals surface area contributed by atoms with Gasteiger partial charge >= 0.3 is 0 Å². The minimum absolute atomic E-state index is 0.488. The van der Waals surface area contributed by atoms with Crippen molar-refractivity contribution in [2.24, 2.45) is 18.9 Å². The largest absolute Gasteiger partial charge is 0.489 e. The van der Waals surface area contributed by atoms with Crippen molar-refractivity contribution in [2.75, 3.05) is 12.4 Å². The van der Waals surface area contributed by atoms with Gasteiger partial charge in [-0.2, -0.15) is 17.7 Å². The zero-order valence-corrected chi connectivity index (χ0v) is 11.7. The van der Waals surface area contributed by atoms with Crippen LogP contribution in [0.25, 0.3) is 0 Å². The molecule has 1 aromatic heterocycles. The fraction of sp³-hybridized carbons (Fsp3) is 0.750. The van der Waals surface area contributed by atoms with Gasteiger partial charge in [0.2, 0.25) is 0 Å². The van der Waals surface area contributed by atoms with E-state index < -0.39 is 0 Å². The van der Waals surface area contributed by atoms with Crippen molar-refractivity contribution >= 4 is 12.6 Å². The highest BCUT2D eigenvalue weighted by molar-refractivity contribution is 7.80. The van der Waals surface area contributed by atoms with Crippen molar-refractivity contribution in [3.05, 3.63) is 11.4 Å². The molecule has 1 atom stereocenters. The second-order valence-corrected chi connectivity index (χ2v) is 4.99. The Morgan fingerprint density at radius 3 is 2.38 bits per heavy atom. The highest BCUT2D eigenvalue weighted by Gasteiger charge is 2.16. The molecule has 0 amide bonds.